The number of nitrogens with one attached hydrogen (secondary N) is 2. The predicted octanol–water partition coefficient (Wildman–Crippen LogP) is 6.56. The molecule has 1 aliphatic carbocycles. The van der Waals surface area contributed by atoms with Gasteiger partial charge in [-0.3, -0.25) is 9.78 Å². The number of carbonyl (C=O) groups excluding carboxylic acids is 1. The molecule has 3 aromatic rings. The number of rotatable bonds is 6. The Morgan fingerprint density at radius 1 is 1.13 bits per heavy atom. The summed E-state index contributed by atoms with van der Waals surface area (Å²) in [5.41, 5.74) is 3.13. The van der Waals surface area contributed by atoms with Gasteiger partial charge in [0.2, 0.25) is 5.91 Å². The van der Waals surface area contributed by atoms with Gasteiger partial charge in [0, 0.05) is 41.8 Å². The highest BCUT2D eigenvalue weighted by molar-refractivity contribution is 7.80. The van der Waals surface area contributed by atoms with Crippen LogP contribution in [-0.2, 0) is 4.79 Å². The van der Waals surface area contributed by atoms with E-state index in [1.807, 2.05) is 63.4 Å². The number of amides is 1. The minimum Gasteiger partial charge on any atom is -0.494 e. The Labute approximate surface area is 230 Å². The highest BCUT2D eigenvalue weighted by Gasteiger charge is 2.41. The molecule has 0 spiro atoms. The van der Waals surface area contributed by atoms with Crippen molar-refractivity contribution in [1.29, 1.82) is 0 Å². The van der Waals surface area contributed by atoms with Gasteiger partial charge in [-0.15, -0.1) is 0 Å². The van der Waals surface area contributed by atoms with E-state index in [2.05, 4.69) is 43.5 Å². The van der Waals surface area contributed by atoms with Crippen molar-refractivity contribution in [3.63, 3.8) is 0 Å². The van der Waals surface area contributed by atoms with Crippen LogP contribution < -0.4 is 20.3 Å². The zero-order valence-electron chi connectivity index (χ0n) is 22.6. The molecule has 8 heteroatoms. The summed E-state index contributed by atoms with van der Waals surface area (Å²) in [4.78, 5) is 19.5. The van der Waals surface area contributed by atoms with Crippen LogP contribution >= 0.6 is 12.2 Å². The molecule has 2 N–H and O–H groups in total. The van der Waals surface area contributed by atoms with Gasteiger partial charge in [-0.1, -0.05) is 46.1 Å². The Morgan fingerprint density at radius 3 is 2.61 bits per heavy atom. The summed E-state index contributed by atoms with van der Waals surface area (Å²) in [5.74, 6) is 0.516. The average molecular weight is 532 g/mol. The number of hydrogen-bond donors (Lipinski definition) is 2. The Hall–Kier alpha value is -3.39. The Morgan fingerprint density at radius 2 is 1.92 bits per heavy atom. The molecule has 7 nitrogen and oxygen atoms in total. The number of aromatic nitrogens is 2. The fourth-order valence-electron chi connectivity index (χ4n) is 5.43. The molecule has 5 rings (SSSR count). The molecule has 2 aliphatic rings. The van der Waals surface area contributed by atoms with E-state index < -0.39 is 5.41 Å². The van der Waals surface area contributed by atoms with Crippen molar-refractivity contribution in [2.24, 2.45) is 5.41 Å². The van der Waals surface area contributed by atoms with Gasteiger partial charge in [0.25, 0.3) is 0 Å². The van der Waals surface area contributed by atoms with Crippen LogP contribution in [0.5, 0.6) is 5.75 Å². The van der Waals surface area contributed by atoms with E-state index in [0.717, 1.165) is 11.4 Å². The highest BCUT2D eigenvalue weighted by atomic mass is 32.1. The summed E-state index contributed by atoms with van der Waals surface area (Å²) in [5, 5.41) is 7.17. The first kappa shape index (κ1) is 26.2. The van der Waals surface area contributed by atoms with Crippen LogP contribution in [0, 0.1) is 5.41 Å². The lowest BCUT2D eigenvalue weighted by molar-refractivity contribution is -0.123. The maximum Gasteiger partial charge on any atom is 0.229 e. The van der Waals surface area contributed by atoms with Crippen LogP contribution in [0.15, 0.2) is 61.1 Å². The predicted molar refractivity (Wildman–Crippen MR) is 156 cm³/mol. The second kappa shape index (κ2) is 10.8. The third kappa shape index (κ3) is 5.27. The SMILES string of the molecule is COc1cc(N2C(=S)N[C@H](c3ccccn3)[C@H]2c2ccn(C3CCCCC3)c2)ccc1NC(=O)C(C)(C)C. The van der Waals surface area contributed by atoms with Crippen molar-refractivity contribution < 1.29 is 9.53 Å². The van der Waals surface area contributed by atoms with Crippen molar-refractivity contribution in [3.05, 3.63) is 72.3 Å². The molecule has 1 saturated carbocycles. The summed E-state index contributed by atoms with van der Waals surface area (Å²) in [6, 6.07) is 14.4. The summed E-state index contributed by atoms with van der Waals surface area (Å²) in [6.45, 7) is 5.66. The van der Waals surface area contributed by atoms with Gasteiger partial charge < -0.3 is 24.8 Å². The number of methoxy groups -OCH3 is 1. The molecule has 0 unspecified atom stereocenters. The molecule has 200 valence electrons. The molecule has 2 aromatic heterocycles. The molecule has 38 heavy (non-hydrogen) atoms. The Kier molecular flexibility index (Phi) is 7.43. The van der Waals surface area contributed by atoms with E-state index in [-0.39, 0.29) is 18.0 Å². The molecule has 0 bridgehead atoms. The fraction of sp³-hybridized carbons (Fsp3) is 0.433. The quantitative estimate of drug-likeness (QED) is 0.351. The maximum absolute atomic E-state index is 12.6. The fourth-order valence-corrected chi connectivity index (χ4v) is 5.77. The van der Waals surface area contributed by atoms with Gasteiger partial charge in [-0.25, -0.2) is 0 Å². The number of ether oxygens (including phenoxy) is 1. The summed E-state index contributed by atoms with van der Waals surface area (Å²) in [6.07, 6.45) is 12.7. The average Bonchev–Trinajstić information content (AvgIpc) is 3.54. The van der Waals surface area contributed by atoms with Gasteiger partial charge >= 0.3 is 0 Å². The molecule has 1 aliphatic heterocycles. The lowest BCUT2D eigenvalue weighted by Crippen LogP contribution is -2.30. The van der Waals surface area contributed by atoms with Crippen molar-refractivity contribution in [1.82, 2.24) is 14.9 Å². The van der Waals surface area contributed by atoms with Crippen molar-refractivity contribution in [3.8, 4) is 5.75 Å². The zero-order chi connectivity index (χ0) is 26.9. The number of anilines is 2. The largest absolute Gasteiger partial charge is 0.494 e. The van der Waals surface area contributed by atoms with Crippen LogP contribution in [0.25, 0.3) is 0 Å². The molecule has 1 aromatic carbocycles. The summed E-state index contributed by atoms with van der Waals surface area (Å²) < 4.78 is 8.09. The molecule has 3 heterocycles. The Balaban J connectivity index is 1.52. The Bertz CT molecular complexity index is 1290. The first-order valence-electron chi connectivity index (χ1n) is 13.4. The van der Waals surface area contributed by atoms with Gasteiger partial charge in [0.15, 0.2) is 5.11 Å². The van der Waals surface area contributed by atoms with E-state index in [9.17, 15) is 4.79 Å². The smallest absolute Gasteiger partial charge is 0.229 e. The molecule has 2 fully saturated rings. The third-order valence-corrected chi connectivity index (χ3v) is 7.88. The van der Waals surface area contributed by atoms with Crippen LogP contribution in [0.4, 0.5) is 11.4 Å². The third-order valence-electron chi connectivity index (χ3n) is 7.57. The van der Waals surface area contributed by atoms with Crippen molar-refractivity contribution >= 4 is 34.6 Å². The van der Waals surface area contributed by atoms with Crippen LogP contribution in [0.2, 0.25) is 0 Å². The van der Waals surface area contributed by atoms with E-state index in [4.69, 9.17) is 17.0 Å². The second-order valence-electron chi connectivity index (χ2n) is 11.3. The summed E-state index contributed by atoms with van der Waals surface area (Å²) in [7, 11) is 1.62. The number of nitrogens with zero attached hydrogens (tertiary/aromatic N) is 3. The van der Waals surface area contributed by atoms with E-state index >= 15 is 0 Å². The van der Waals surface area contributed by atoms with Crippen LogP contribution in [0.3, 0.4) is 0 Å². The first-order valence-corrected chi connectivity index (χ1v) is 13.8. The van der Waals surface area contributed by atoms with E-state index in [1.54, 1.807) is 7.11 Å². The van der Waals surface area contributed by atoms with Crippen LogP contribution in [-0.4, -0.2) is 27.7 Å². The molecule has 2 atom stereocenters. The molecule has 0 radical (unpaired) electrons. The van der Waals surface area contributed by atoms with Gasteiger partial charge in [0.1, 0.15) is 5.75 Å². The van der Waals surface area contributed by atoms with Gasteiger partial charge in [0.05, 0.1) is 30.6 Å². The lowest BCUT2D eigenvalue weighted by atomic mass is 9.95. The van der Waals surface area contributed by atoms with Crippen molar-refractivity contribution in [2.45, 2.75) is 71.0 Å². The van der Waals surface area contributed by atoms with E-state index in [1.165, 1.54) is 37.7 Å². The normalized spacial score (nSPS) is 20.3. The maximum atomic E-state index is 12.6. The molecular formula is C30H37N5O2S. The lowest BCUT2D eigenvalue weighted by Gasteiger charge is -2.28. The van der Waals surface area contributed by atoms with Gasteiger partial charge in [-0.05, 0) is 61.0 Å². The zero-order valence-corrected chi connectivity index (χ0v) is 23.4. The molecular weight excluding hydrogens is 494 g/mol. The van der Waals surface area contributed by atoms with E-state index in [0.29, 0.717) is 22.6 Å². The topological polar surface area (TPSA) is 71.4 Å². The molecule has 1 amide bonds. The number of thiocarbonyl (C=S) groups is 1. The number of hydrogen-bond acceptors (Lipinski definition) is 4. The first-order chi connectivity index (χ1) is 18.3. The highest BCUT2D eigenvalue weighted by Crippen LogP contribution is 2.44. The van der Waals surface area contributed by atoms with Crippen molar-refractivity contribution in [2.75, 3.05) is 17.3 Å². The minimum absolute atomic E-state index is 0.0703. The number of carbonyl (C=O) groups is 1. The second-order valence-corrected chi connectivity index (χ2v) is 11.7. The number of benzene rings is 1. The monoisotopic (exact) mass is 531 g/mol. The molecule has 1 saturated heterocycles. The van der Waals surface area contributed by atoms with Gasteiger partial charge in [-0.2, -0.15) is 0 Å². The summed E-state index contributed by atoms with van der Waals surface area (Å²) >= 11 is 5.91. The minimum atomic E-state index is -0.517. The van der Waals surface area contributed by atoms with Crippen LogP contribution in [0.1, 0.15) is 82.3 Å². The standard InChI is InChI=1S/C30H37N5O2S/c1-30(2,3)28(36)32-23-14-13-22(18-25(23)37-4)35-27(26(33-29(35)38)24-12-8-9-16-31-24)20-15-17-34(19-20)21-10-6-5-7-11-21/h8-9,12-19,21,26-27H,5-7,10-11H2,1-4H3,(H,32,36)(H,33,38)/t26-,27-/m1/s1. The number of pyridine rings is 1.